The van der Waals surface area contributed by atoms with Gasteiger partial charge in [-0.15, -0.1) is 22.7 Å². The molecule has 0 fully saturated rings. The first-order valence-electron chi connectivity index (χ1n) is 6.32. The highest BCUT2D eigenvalue weighted by molar-refractivity contribution is 7.13. The number of nitrogens with one attached hydrogen (secondary N) is 1. The maximum absolute atomic E-state index is 4.80. The highest BCUT2D eigenvalue weighted by Crippen LogP contribution is 2.35. The van der Waals surface area contributed by atoms with Crippen molar-refractivity contribution in [1.82, 2.24) is 9.78 Å². The maximum Gasteiger partial charge on any atom is 0.125 e. The molecule has 0 spiro atoms. The third-order valence-corrected chi connectivity index (χ3v) is 5.27. The van der Waals surface area contributed by atoms with Crippen LogP contribution in [0.25, 0.3) is 10.6 Å². The van der Waals surface area contributed by atoms with Gasteiger partial charge in [0.05, 0.1) is 10.9 Å². The van der Waals surface area contributed by atoms with Gasteiger partial charge in [0.2, 0.25) is 0 Å². The van der Waals surface area contributed by atoms with Gasteiger partial charge in [0.1, 0.15) is 11.5 Å². The Morgan fingerprint density at radius 1 is 1.21 bits per heavy atom. The van der Waals surface area contributed by atoms with Crippen molar-refractivity contribution in [3.8, 4) is 10.6 Å². The summed E-state index contributed by atoms with van der Waals surface area (Å²) in [4.78, 5) is 2.62. The van der Waals surface area contributed by atoms with Gasteiger partial charge in [-0.3, -0.25) is 0 Å². The van der Waals surface area contributed by atoms with Gasteiger partial charge in [-0.05, 0) is 29.3 Å². The Bertz CT molecular complexity index is 668. The van der Waals surface area contributed by atoms with Crippen molar-refractivity contribution in [2.75, 3.05) is 11.9 Å². The van der Waals surface area contributed by atoms with E-state index in [1.807, 2.05) is 11.3 Å². The maximum atomic E-state index is 4.80. The average molecular weight is 287 g/mol. The van der Waals surface area contributed by atoms with E-state index < -0.39 is 0 Å². The van der Waals surface area contributed by atoms with Gasteiger partial charge in [0, 0.05) is 17.5 Å². The summed E-state index contributed by atoms with van der Waals surface area (Å²) in [6.07, 6.45) is 1.10. The molecule has 5 heteroatoms. The lowest BCUT2D eigenvalue weighted by Crippen LogP contribution is -2.23. The number of hydrogen-bond donors (Lipinski definition) is 1. The van der Waals surface area contributed by atoms with Crippen LogP contribution in [0.3, 0.4) is 0 Å². The molecule has 19 heavy (non-hydrogen) atoms. The van der Waals surface area contributed by atoms with Crippen molar-refractivity contribution in [3.05, 3.63) is 46.0 Å². The Balaban J connectivity index is 1.79. The molecule has 1 N–H and O–H groups in total. The lowest BCUT2D eigenvalue weighted by atomic mass is 10.1. The minimum atomic E-state index is 0.380. The molecule has 3 nitrogen and oxygen atoms in total. The molecule has 0 radical (unpaired) electrons. The molecule has 3 aromatic rings. The zero-order chi connectivity index (χ0) is 12.7. The fraction of sp³-hybridized carbons (Fsp3) is 0.214. The molecule has 4 heterocycles. The second-order valence-electron chi connectivity index (χ2n) is 4.58. The molecule has 0 amide bonds. The van der Waals surface area contributed by atoms with Gasteiger partial charge >= 0.3 is 0 Å². The van der Waals surface area contributed by atoms with Crippen LogP contribution in [-0.2, 0) is 0 Å². The zero-order valence-electron chi connectivity index (χ0n) is 10.2. The molecular formula is C14H13N3S2. The lowest BCUT2D eigenvalue weighted by molar-refractivity contribution is 0.490. The molecule has 1 unspecified atom stereocenters. The summed E-state index contributed by atoms with van der Waals surface area (Å²) in [6, 6.07) is 11.1. The Morgan fingerprint density at radius 2 is 2.11 bits per heavy atom. The summed E-state index contributed by atoms with van der Waals surface area (Å²) in [6.45, 7) is 1.01. The Labute approximate surface area is 119 Å². The molecule has 96 valence electrons. The van der Waals surface area contributed by atoms with E-state index >= 15 is 0 Å². The van der Waals surface area contributed by atoms with E-state index in [2.05, 4.69) is 51.1 Å². The number of nitrogens with zero attached hydrogens (tertiary/aromatic N) is 2. The highest BCUT2D eigenvalue weighted by atomic mass is 32.1. The van der Waals surface area contributed by atoms with Gasteiger partial charge in [-0.2, -0.15) is 5.10 Å². The Hall–Kier alpha value is -1.59. The number of rotatable bonds is 2. The SMILES string of the molecule is c1csc(-c2cc3n(n2)C(c2cccs2)CCN3)c1. The number of hydrogen-bond acceptors (Lipinski definition) is 4. The van der Waals surface area contributed by atoms with Crippen LogP contribution in [0.5, 0.6) is 0 Å². The van der Waals surface area contributed by atoms with Gasteiger partial charge in [0.25, 0.3) is 0 Å². The third kappa shape index (κ3) is 1.89. The normalized spacial score (nSPS) is 18.0. The average Bonchev–Trinajstić information content (AvgIpc) is 3.18. The van der Waals surface area contributed by atoms with Gasteiger partial charge in [-0.25, -0.2) is 4.68 Å². The number of aromatic nitrogens is 2. The van der Waals surface area contributed by atoms with Gasteiger partial charge in [-0.1, -0.05) is 12.1 Å². The largest absolute Gasteiger partial charge is 0.370 e. The Morgan fingerprint density at radius 3 is 2.89 bits per heavy atom. The van der Waals surface area contributed by atoms with Crippen LogP contribution >= 0.6 is 22.7 Å². The molecule has 0 saturated carbocycles. The lowest BCUT2D eigenvalue weighted by Gasteiger charge is -2.24. The predicted octanol–water partition coefficient (Wildman–Crippen LogP) is 4.08. The summed E-state index contributed by atoms with van der Waals surface area (Å²) in [5.41, 5.74) is 1.07. The van der Waals surface area contributed by atoms with E-state index in [1.54, 1.807) is 11.3 Å². The van der Waals surface area contributed by atoms with Crippen LogP contribution in [0.2, 0.25) is 0 Å². The third-order valence-electron chi connectivity index (χ3n) is 3.40. The van der Waals surface area contributed by atoms with Gasteiger partial charge < -0.3 is 5.32 Å². The minimum absolute atomic E-state index is 0.380. The van der Waals surface area contributed by atoms with E-state index in [0.29, 0.717) is 6.04 Å². The fourth-order valence-corrected chi connectivity index (χ4v) is 4.04. The highest BCUT2D eigenvalue weighted by Gasteiger charge is 2.24. The van der Waals surface area contributed by atoms with Crippen molar-refractivity contribution in [2.24, 2.45) is 0 Å². The quantitative estimate of drug-likeness (QED) is 0.769. The molecule has 1 aliphatic rings. The van der Waals surface area contributed by atoms with E-state index in [4.69, 9.17) is 5.10 Å². The van der Waals surface area contributed by atoms with E-state index in [0.717, 1.165) is 24.5 Å². The fourth-order valence-electron chi connectivity index (χ4n) is 2.51. The summed E-state index contributed by atoms with van der Waals surface area (Å²) < 4.78 is 2.14. The molecule has 0 aliphatic carbocycles. The molecule has 3 aromatic heterocycles. The van der Waals surface area contributed by atoms with E-state index in [9.17, 15) is 0 Å². The topological polar surface area (TPSA) is 29.9 Å². The van der Waals surface area contributed by atoms with Crippen molar-refractivity contribution in [2.45, 2.75) is 12.5 Å². The molecule has 1 atom stereocenters. The van der Waals surface area contributed by atoms with Crippen molar-refractivity contribution in [3.63, 3.8) is 0 Å². The standard InChI is InChI=1S/C14H13N3S2/c1-3-12(18-7-1)10-9-14-15-6-5-11(17(14)16-10)13-4-2-8-19-13/h1-4,7-9,11,15H,5-6H2. The monoisotopic (exact) mass is 287 g/mol. The molecule has 0 saturated heterocycles. The van der Waals surface area contributed by atoms with Crippen LogP contribution in [0.4, 0.5) is 5.82 Å². The van der Waals surface area contributed by atoms with E-state index in [-0.39, 0.29) is 0 Å². The first kappa shape index (κ1) is 11.3. The second kappa shape index (κ2) is 4.51. The van der Waals surface area contributed by atoms with Crippen molar-refractivity contribution in [1.29, 1.82) is 0 Å². The zero-order valence-corrected chi connectivity index (χ0v) is 11.9. The van der Waals surface area contributed by atoms with Crippen LogP contribution in [-0.4, -0.2) is 16.3 Å². The van der Waals surface area contributed by atoms with Crippen molar-refractivity contribution < 1.29 is 0 Å². The number of anilines is 1. The summed E-state index contributed by atoms with van der Waals surface area (Å²) >= 11 is 3.55. The summed E-state index contributed by atoms with van der Waals surface area (Å²) in [5.74, 6) is 1.13. The van der Waals surface area contributed by atoms with E-state index in [1.165, 1.54) is 9.75 Å². The molecule has 0 aromatic carbocycles. The van der Waals surface area contributed by atoms with Crippen LogP contribution in [0, 0.1) is 0 Å². The first-order chi connectivity index (χ1) is 9.42. The minimum Gasteiger partial charge on any atom is -0.370 e. The molecule has 4 rings (SSSR count). The van der Waals surface area contributed by atoms with Gasteiger partial charge in [0.15, 0.2) is 0 Å². The number of thiophene rings is 2. The first-order valence-corrected chi connectivity index (χ1v) is 8.08. The molecule has 0 bridgehead atoms. The second-order valence-corrected chi connectivity index (χ2v) is 6.51. The molecular weight excluding hydrogens is 274 g/mol. The smallest absolute Gasteiger partial charge is 0.125 e. The van der Waals surface area contributed by atoms with Crippen LogP contribution in [0.15, 0.2) is 41.1 Å². The Kier molecular flexibility index (Phi) is 2.67. The predicted molar refractivity (Wildman–Crippen MR) is 81.1 cm³/mol. The summed E-state index contributed by atoms with van der Waals surface area (Å²) in [7, 11) is 0. The molecule has 1 aliphatic heterocycles. The number of fused-ring (bicyclic) bond motifs is 1. The van der Waals surface area contributed by atoms with Crippen LogP contribution < -0.4 is 5.32 Å². The van der Waals surface area contributed by atoms with Crippen molar-refractivity contribution >= 4 is 28.5 Å². The summed E-state index contributed by atoms with van der Waals surface area (Å²) in [5, 5.41) is 12.5. The van der Waals surface area contributed by atoms with Crippen LogP contribution in [0.1, 0.15) is 17.3 Å².